The summed E-state index contributed by atoms with van der Waals surface area (Å²) in [5.41, 5.74) is 1.97. The molecule has 0 aliphatic carbocycles. The molecule has 0 radical (unpaired) electrons. The van der Waals surface area contributed by atoms with Gasteiger partial charge < -0.3 is 20.3 Å². The number of imidazole rings is 1. The van der Waals surface area contributed by atoms with Crippen molar-refractivity contribution in [2.75, 3.05) is 31.6 Å². The molecule has 2 aromatic rings. The number of hydrogen-bond donors (Lipinski definition) is 3. The molecular formula is C25H32N6O4S. The Kier molecular flexibility index (Phi) is 10.3. The zero-order chi connectivity index (χ0) is 25.9. The van der Waals surface area contributed by atoms with Gasteiger partial charge >= 0.3 is 5.97 Å². The topological polar surface area (TPSA) is 142 Å². The van der Waals surface area contributed by atoms with Crippen LogP contribution in [0.2, 0.25) is 0 Å². The third-order valence-electron chi connectivity index (χ3n) is 6.20. The number of thioether (sulfide) groups is 1. The predicted molar refractivity (Wildman–Crippen MR) is 136 cm³/mol. The SMILES string of the molecule is CSCC[C@H](NC(=O)CN(Cc1ccccc1C#N)C[C@@H]1CCCN1C(=O)Cc1c[nH]cn1)C(=O)O. The number of benzene rings is 1. The van der Waals surface area contributed by atoms with Crippen molar-refractivity contribution >= 4 is 29.5 Å². The van der Waals surface area contributed by atoms with Gasteiger partial charge in [-0.25, -0.2) is 9.78 Å². The summed E-state index contributed by atoms with van der Waals surface area (Å²) in [6, 6.07) is 8.33. The van der Waals surface area contributed by atoms with Crippen LogP contribution >= 0.6 is 11.8 Å². The van der Waals surface area contributed by atoms with E-state index in [1.807, 2.05) is 28.2 Å². The average molecular weight is 513 g/mol. The van der Waals surface area contributed by atoms with Crippen molar-refractivity contribution < 1.29 is 19.5 Å². The number of H-pyrrole nitrogens is 1. The lowest BCUT2D eigenvalue weighted by molar-refractivity contribution is -0.142. The lowest BCUT2D eigenvalue weighted by atomic mass is 10.1. The first kappa shape index (κ1) is 27.2. The second-order valence-electron chi connectivity index (χ2n) is 8.80. The first-order chi connectivity index (χ1) is 17.4. The van der Waals surface area contributed by atoms with Gasteiger partial charge in [0.15, 0.2) is 0 Å². The summed E-state index contributed by atoms with van der Waals surface area (Å²) in [5.74, 6) is -0.865. The zero-order valence-electron chi connectivity index (χ0n) is 20.4. The number of aliphatic carboxylic acids is 1. The summed E-state index contributed by atoms with van der Waals surface area (Å²) in [6.07, 6.45) is 7.33. The summed E-state index contributed by atoms with van der Waals surface area (Å²) >= 11 is 1.52. The lowest BCUT2D eigenvalue weighted by Crippen LogP contribution is -2.49. The number of nitrogens with zero attached hydrogens (tertiary/aromatic N) is 4. The molecule has 10 nitrogen and oxygen atoms in total. The monoisotopic (exact) mass is 512 g/mol. The van der Waals surface area contributed by atoms with Crippen LogP contribution in [0.1, 0.15) is 36.1 Å². The maximum Gasteiger partial charge on any atom is 0.326 e. The van der Waals surface area contributed by atoms with Crippen LogP contribution in [0.5, 0.6) is 0 Å². The van der Waals surface area contributed by atoms with Gasteiger partial charge in [-0.3, -0.25) is 14.5 Å². The molecule has 1 aromatic carbocycles. The van der Waals surface area contributed by atoms with Crippen LogP contribution in [-0.4, -0.2) is 86.4 Å². The highest BCUT2D eigenvalue weighted by molar-refractivity contribution is 7.98. The smallest absolute Gasteiger partial charge is 0.326 e. The van der Waals surface area contributed by atoms with Gasteiger partial charge in [0.2, 0.25) is 11.8 Å². The van der Waals surface area contributed by atoms with E-state index in [0.29, 0.717) is 43.1 Å². The van der Waals surface area contributed by atoms with E-state index in [1.54, 1.807) is 24.7 Å². The van der Waals surface area contributed by atoms with Crippen LogP contribution in [-0.2, 0) is 27.3 Å². The summed E-state index contributed by atoms with van der Waals surface area (Å²) in [5, 5.41) is 21.6. The molecular weight excluding hydrogens is 480 g/mol. The number of carboxylic acids is 1. The van der Waals surface area contributed by atoms with Crippen molar-refractivity contribution in [3.63, 3.8) is 0 Å². The van der Waals surface area contributed by atoms with Gasteiger partial charge in [-0.15, -0.1) is 0 Å². The minimum absolute atomic E-state index is 0.0190. The van der Waals surface area contributed by atoms with E-state index < -0.39 is 17.9 Å². The third kappa shape index (κ3) is 7.83. The van der Waals surface area contributed by atoms with Gasteiger partial charge in [0.1, 0.15) is 6.04 Å². The van der Waals surface area contributed by atoms with Gasteiger partial charge in [0, 0.05) is 31.9 Å². The zero-order valence-corrected chi connectivity index (χ0v) is 21.2. The summed E-state index contributed by atoms with van der Waals surface area (Å²) in [4.78, 5) is 48.2. The fraction of sp³-hybridized carbons (Fsp3) is 0.480. The highest BCUT2D eigenvalue weighted by Crippen LogP contribution is 2.21. The molecule has 2 atom stereocenters. The Morgan fingerprint density at radius 2 is 2.19 bits per heavy atom. The molecule has 2 amide bonds. The van der Waals surface area contributed by atoms with E-state index in [2.05, 4.69) is 21.4 Å². The molecule has 1 aliphatic heterocycles. The highest BCUT2D eigenvalue weighted by atomic mass is 32.2. The van der Waals surface area contributed by atoms with Crippen LogP contribution in [0.15, 0.2) is 36.8 Å². The lowest BCUT2D eigenvalue weighted by Gasteiger charge is -2.31. The molecule has 1 aromatic heterocycles. The first-order valence-corrected chi connectivity index (χ1v) is 13.3. The molecule has 3 N–H and O–H groups in total. The van der Waals surface area contributed by atoms with E-state index in [1.165, 1.54) is 11.8 Å². The Morgan fingerprint density at radius 3 is 2.89 bits per heavy atom. The Bertz CT molecular complexity index is 1070. The number of likely N-dealkylation sites (tertiary alicyclic amines) is 1. The Hall–Kier alpha value is -3.36. The molecule has 192 valence electrons. The van der Waals surface area contributed by atoms with E-state index in [4.69, 9.17) is 0 Å². The average Bonchev–Trinajstić information content (AvgIpc) is 3.54. The Morgan fingerprint density at radius 1 is 1.39 bits per heavy atom. The number of amides is 2. The van der Waals surface area contributed by atoms with Crippen molar-refractivity contribution in [3.8, 4) is 6.07 Å². The molecule has 0 saturated carbocycles. The van der Waals surface area contributed by atoms with E-state index >= 15 is 0 Å². The normalized spacial score (nSPS) is 16.0. The van der Waals surface area contributed by atoms with E-state index in [-0.39, 0.29) is 24.9 Å². The largest absolute Gasteiger partial charge is 0.480 e. The highest BCUT2D eigenvalue weighted by Gasteiger charge is 2.31. The number of carbonyl (C=O) groups excluding carboxylic acids is 2. The molecule has 2 heterocycles. The van der Waals surface area contributed by atoms with Crippen LogP contribution in [0.25, 0.3) is 0 Å². The van der Waals surface area contributed by atoms with Crippen LogP contribution in [0.3, 0.4) is 0 Å². The number of carboxylic acid groups (broad SMARTS) is 1. The fourth-order valence-electron chi connectivity index (χ4n) is 4.43. The third-order valence-corrected chi connectivity index (χ3v) is 6.84. The van der Waals surface area contributed by atoms with Crippen LogP contribution in [0, 0.1) is 11.3 Å². The number of aromatic nitrogens is 2. The van der Waals surface area contributed by atoms with Crippen molar-refractivity contribution in [1.29, 1.82) is 5.26 Å². The predicted octanol–water partition coefficient (Wildman–Crippen LogP) is 1.64. The molecule has 11 heteroatoms. The number of rotatable bonds is 13. The molecule has 0 unspecified atom stereocenters. The van der Waals surface area contributed by atoms with Gasteiger partial charge in [-0.05, 0) is 42.9 Å². The van der Waals surface area contributed by atoms with Crippen LogP contribution < -0.4 is 5.32 Å². The van der Waals surface area contributed by atoms with Crippen molar-refractivity contribution in [2.24, 2.45) is 0 Å². The molecule has 1 saturated heterocycles. The number of aromatic amines is 1. The van der Waals surface area contributed by atoms with E-state index in [9.17, 15) is 24.8 Å². The standard InChI is InChI=1S/C25H32N6O4S/c1-36-10-8-22(25(34)35)29-23(32)16-30(14-19-6-3-2-5-18(19)12-26)15-21-7-4-9-31(21)24(33)11-20-13-27-17-28-20/h2-3,5-6,13,17,21-22H,4,7-11,14-16H2,1H3,(H,27,28)(H,29,32)(H,34,35)/t21-,22-/m0/s1. The fourth-order valence-corrected chi connectivity index (χ4v) is 4.90. The minimum Gasteiger partial charge on any atom is -0.480 e. The second-order valence-corrected chi connectivity index (χ2v) is 9.78. The molecule has 36 heavy (non-hydrogen) atoms. The van der Waals surface area contributed by atoms with E-state index in [0.717, 1.165) is 18.4 Å². The maximum atomic E-state index is 13.0. The van der Waals surface area contributed by atoms with Gasteiger partial charge in [0.05, 0.1) is 36.6 Å². The quantitative estimate of drug-likeness (QED) is 0.368. The Labute approximate surface area is 215 Å². The number of carbonyl (C=O) groups is 3. The van der Waals surface area contributed by atoms with Gasteiger partial charge in [-0.2, -0.15) is 17.0 Å². The number of nitriles is 1. The number of hydrogen-bond acceptors (Lipinski definition) is 7. The van der Waals surface area contributed by atoms with Crippen molar-refractivity contribution in [2.45, 2.75) is 44.3 Å². The minimum atomic E-state index is -1.07. The summed E-state index contributed by atoms with van der Waals surface area (Å²) < 4.78 is 0. The molecule has 3 rings (SSSR count). The molecule has 1 aliphatic rings. The Balaban J connectivity index is 1.73. The second kappa shape index (κ2) is 13.7. The molecule has 1 fully saturated rings. The molecule has 0 bridgehead atoms. The van der Waals surface area contributed by atoms with Gasteiger partial charge in [0.25, 0.3) is 0 Å². The van der Waals surface area contributed by atoms with Crippen molar-refractivity contribution in [1.82, 2.24) is 25.1 Å². The van der Waals surface area contributed by atoms with Crippen LogP contribution in [0.4, 0.5) is 0 Å². The van der Waals surface area contributed by atoms with Crippen molar-refractivity contribution in [3.05, 3.63) is 53.6 Å². The molecule has 0 spiro atoms. The summed E-state index contributed by atoms with van der Waals surface area (Å²) in [6.45, 7) is 1.36. The summed E-state index contributed by atoms with van der Waals surface area (Å²) in [7, 11) is 0. The maximum absolute atomic E-state index is 13.0. The number of nitrogens with one attached hydrogen (secondary N) is 2. The van der Waals surface area contributed by atoms with Gasteiger partial charge in [-0.1, -0.05) is 18.2 Å². The first-order valence-electron chi connectivity index (χ1n) is 11.9.